The van der Waals surface area contributed by atoms with E-state index in [0.29, 0.717) is 6.04 Å². The summed E-state index contributed by atoms with van der Waals surface area (Å²) in [5.74, 6) is 1.24. The number of unbranched alkanes of at least 4 members (excludes halogenated alkanes) is 3. The normalized spacial score (nSPS) is 11.1. The predicted octanol–water partition coefficient (Wildman–Crippen LogP) is 2.41. The molecule has 0 radical (unpaired) electrons. The van der Waals surface area contributed by atoms with Crippen LogP contribution in [0.1, 0.15) is 39.5 Å². The van der Waals surface area contributed by atoms with Gasteiger partial charge in [0, 0.05) is 11.8 Å². The Bertz CT molecular complexity index is 96.9. The quantitative estimate of drug-likeness (QED) is 0.445. The lowest BCUT2D eigenvalue weighted by atomic mass is 10.2. The third kappa shape index (κ3) is 12.3. The van der Waals surface area contributed by atoms with Crippen molar-refractivity contribution in [2.24, 2.45) is 0 Å². The van der Waals surface area contributed by atoms with E-state index in [1.807, 2.05) is 19.0 Å². The van der Waals surface area contributed by atoms with Crippen LogP contribution < -0.4 is 10.0 Å². The molecule has 0 aliphatic rings. The summed E-state index contributed by atoms with van der Waals surface area (Å²) in [6.45, 7) is 5.57. The van der Waals surface area contributed by atoms with Crippen molar-refractivity contribution in [2.45, 2.75) is 45.6 Å². The Morgan fingerprint density at radius 3 is 2.38 bits per heavy atom. The molecule has 0 atom stereocenters. The minimum Gasteiger partial charge on any atom is -0.315 e. The van der Waals surface area contributed by atoms with Crippen molar-refractivity contribution < 1.29 is 0 Å². The molecule has 13 heavy (non-hydrogen) atoms. The lowest BCUT2D eigenvalue weighted by Crippen LogP contribution is -2.23. The maximum Gasteiger partial charge on any atom is 0.00785 e. The van der Waals surface area contributed by atoms with Crippen LogP contribution >= 0.6 is 11.9 Å². The van der Waals surface area contributed by atoms with Crippen LogP contribution in [0.2, 0.25) is 0 Å². The van der Waals surface area contributed by atoms with Gasteiger partial charge in [-0.2, -0.15) is 0 Å². The number of rotatable bonds is 9. The lowest BCUT2D eigenvalue weighted by molar-refractivity contribution is 0.547. The molecule has 0 aliphatic carbocycles. The van der Waals surface area contributed by atoms with Gasteiger partial charge in [0.05, 0.1) is 0 Å². The first-order valence-corrected chi connectivity index (χ1v) is 6.28. The second-order valence-corrected chi connectivity index (χ2v) is 4.68. The topological polar surface area (TPSA) is 24.1 Å². The Balaban J connectivity index is 2.84. The molecule has 2 N–H and O–H groups in total. The maximum absolute atomic E-state index is 3.43. The zero-order valence-electron chi connectivity index (χ0n) is 9.23. The summed E-state index contributed by atoms with van der Waals surface area (Å²) >= 11 is 1.81. The second kappa shape index (κ2) is 10.4. The molecule has 80 valence electrons. The van der Waals surface area contributed by atoms with E-state index >= 15 is 0 Å². The highest BCUT2D eigenvalue weighted by atomic mass is 32.2. The van der Waals surface area contributed by atoms with Gasteiger partial charge in [-0.15, -0.1) is 0 Å². The molecule has 2 nitrogen and oxygen atoms in total. The van der Waals surface area contributed by atoms with Crippen LogP contribution in [0.4, 0.5) is 0 Å². The molecule has 0 heterocycles. The standard InChI is InChI=1S/C10H24N2S/c1-10(2)12-8-6-4-5-7-9-13-11-3/h10-12H,4-9H2,1-3H3. The first-order valence-electron chi connectivity index (χ1n) is 5.29. The molecule has 0 fully saturated rings. The molecule has 0 aromatic rings. The zero-order valence-corrected chi connectivity index (χ0v) is 10.0. The molecule has 0 unspecified atom stereocenters. The summed E-state index contributed by atoms with van der Waals surface area (Å²) < 4.78 is 3.09. The van der Waals surface area contributed by atoms with Crippen molar-refractivity contribution in [1.29, 1.82) is 0 Å². The van der Waals surface area contributed by atoms with Crippen LogP contribution in [-0.4, -0.2) is 25.4 Å². The first-order chi connectivity index (χ1) is 6.27. The highest BCUT2D eigenvalue weighted by Crippen LogP contribution is 2.03. The van der Waals surface area contributed by atoms with Crippen LogP contribution in [0.3, 0.4) is 0 Å². The average Bonchev–Trinajstić information content (AvgIpc) is 2.09. The maximum atomic E-state index is 3.43. The van der Waals surface area contributed by atoms with Crippen LogP contribution in [-0.2, 0) is 0 Å². The molecule has 0 aromatic heterocycles. The molecule has 0 aromatic carbocycles. The molecule has 3 heteroatoms. The van der Waals surface area contributed by atoms with E-state index in [9.17, 15) is 0 Å². The summed E-state index contributed by atoms with van der Waals surface area (Å²) in [4.78, 5) is 0. The van der Waals surface area contributed by atoms with Gasteiger partial charge >= 0.3 is 0 Å². The molecule has 0 spiro atoms. The van der Waals surface area contributed by atoms with Crippen LogP contribution in [0.5, 0.6) is 0 Å². The molecule has 0 bridgehead atoms. The Hall–Kier alpha value is 0.270. The van der Waals surface area contributed by atoms with Gasteiger partial charge in [-0.1, -0.05) is 38.6 Å². The van der Waals surface area contributed by atoms with E-state index in [1.165, 1.54) is 38.0 Å². The highest BCUT2D eigenvalue weighted by molar-refractivity contribution is 7.97. The molecule has 0 rings (SSSR count). The minimum atomic E-state index is 0.639. The summed E-state index contributed by atoms with van der Waals surface area (Å²) in [6, 6.07) is 0.639. The average molecular weight is 204 g/mol. The number of hydrogen-bond acceptors (Lipinski definition) is 3. The van der Waals surface area contributed by atoms with Gasteiger partial charge in [-0.05, 0) is 26.4 Å². The SMILES string of the molecule is CNSCCCCCCNC(C)C. The van der Waals surface area contributed by atoms with Crippen LogP contribution in [0.25, 0.3) is 0 Å². The monoisotopic (exact) mass is 204 g/mol. The largest absolute Gasteiger partial charge is 0.315 e. The summed E-state index contributed by atoms with van der Waals surface area (Å²) in [7, 11) is 1.98. The Labute approximate surface area is 87.4 Å². The minimum absolute atomic E-state index is 0.639. The van der Waals surface area contributed by atoms with Crippen molar-refractivity contribution in [1.82, 2.24) is 10.0 Å². The van der Waals surface area contributed by atoms with E-state index in [-0.39, 0.29) is 0 Å². The van der Waals surface area contributed by atoms with Gasteiger partial charge < -0.3 is 5.32 Å². The van der Waals surface area contributed by atoms with Crippen molar-refractivity contribution >= 4 is 11.9 Å². The highest BCUT2D eigenvalue weighted by Gasteiger charge is 1.92. The fourth-order valence-electron chi connectivity index (χ4n) is 1.15. The summed E-state index contributed by atoms with van der Waals surface area (Å²) in [6.07, 6.45) is 5.40. The van der Waals surface area contributed by atoms with Gasteiger partial charge in [0.1, 0.15) is 0 Å². The van der Waals surface area contributed by atoms with Gasteiger partial charge in [0.25, 0.3) is 0 Å². The van der Waals surface area contributed by atoms with Crippen LogP contribution in [0.15, 0.2) is 0 Å². The van der Waals surface area contributed by atoms with Crippen molar-refractivity contribution in [3.8, 4) is 0 Å². The Kier molecular flexibility index (Phi) is 10.6. The Morgan fingerprint density at radius 2 is 1.77 bits per heavy atom. The van der Waals surface area contributed by atoms with Crippen molar-refractivity contribution in [2.75, 3.05) is 19.3 Å². The summed E-state index contributed by atoms with van der Waals surface area (Å²) in [5.41, 5.74) is 0. The van der Waals surface area contributed by atoms with Gasteiger partial charge in [0.15, 0.2) is 0 Å². The predicted molar refractivity (Wildman–Crippen MR) is 63.1 cm³/mol. The van der Waals surface area contributed by atoms with Crippen molar-refractivity contribution in [3.05, 3.63) is 0 Å². The fourth-order valence-corrected chi connectivity index (χ4v) is 1.70. The third-order valence-corrected chi connectivity index (χ3v) is 2.65. The van der Waals surface area contributed by atoms with Gasteiger partial charge in [-0.25, -0.2) is 0 Å². The van der Waals surface area contributed by atoms with E-state index in [1.54, 1.807) is 0 Å². The fraction of sp³-hybridized carbons (Fsp3) is 1.00. The van der Waals surface area contributed by atoms with E-state index in [0.717, 1.165) is 0 Å². The lowest BCUT2D eigenvalue weighted by Gasteiger charge is -2.07. The van der Waals surface area contributed by atoms with E-state index in [2.05, 4.69) is 23.9 Å². The van der Waals surface area contributed by atoms with E-state index in [4.69, 9.17) is 0 Å². The third-order valence-electron chi connectivity index (χ3n) is 1.87. The first kappa shape index (κ1) is 13.3. The summed E-state index contributed by atoms with van der Waals surface area (Å²) in [5, 5.41) is 3.43. The molecule has 0 saturated carbocycles. The van der Waals surface area contributed by atoms with Gasteiger partial charge in [-0.3, -0.25) is 4.72 Å². The molecular formula is C10H24N2S. The molecular weight excluding hydrogens is 180 g/mol. The van der Waals surface area contributed by atoms with E-state index < -0.39 is 0 Å². The zero-order chi connectivity index (χ0) is 9.94. The van der Waals surface area contributed by atoms with Crippen molar-refractivity contribution in [3.63, 3.8) is 0 Å². The van der Waals surface area contributed by atoms with Gasteiger partial charge in [0.2, 0.25) is 0 Å². The molecule has 0 amide bonds. The van der Waals surface area contributed by atoms with Crippen LogP contribution in [0, 0.1) is 0 Å². The number of hydrogen-bond donors (Lipinski definition) is 2. The second-order valence-electron chi connectivity index (χ2n) is 3.58. The Morgan fingerprint density at radius 1 is 1.08 bits per heavy atom. The molecule has 0 saturated heterocycles. The molecule has 0 aliphatic heterocycles. The smallest absolute Gasteiger partial charge is 0.00785 e. The number of nitrogens with one attached hydrogen (secondary N) is 2.